The van der Waals surface area contributed by atoms with Gasteiger partial charge in [-0.05, 0) is 55.0 Å². The topological polar surface area (TPSA) is 118 Å². The van der Waals surface area contributed by atoms with E-state index < -0.39 is 11.8 Å². The lowest BCUT2D eigenvalue weighted by molar-refractivity contribution is -0.134. The number of hydrogen-bond donors (Lipinski definition) is 2. The Morgan fingerprint density at radius 2 is 1.78 bits per heavy atom. The first-order valence-electron chi connectivity index (χ1n) is 11.0. The lowest BCUT2D eigenvalue weighted by Gasteiger charge is -2.25. The number of nitrogens with two attached hydrogens (primary N) is 1. The number of halogens is 1. The first-order chi connectivity index (χ1) is 17.3. The van der Waals surface area contributed by atoms with Crippen LogP contribution in [0.4, 0.5) is 5.69 Å². The zero-order valence-corrected chi connectivity index (χ0v) is 20.6. The quantitative estimate of drug-likeness (QED) is 0.297. The molecule has 2 aromatic carbocycles. The van der Waals surface area contributed by atoms with Crippen molar-refractivity contribution >= 4 is 35.5 Å². The van der Waals surface area contributed by atoms with E-state index in [1.54, 1.807) is 55.5 Å². The van der Waals surface area contributed by atoms with Crippen molar-refractivity contribution in [1.29, 1.82) is 0 Å². The van der Waals surface area contributed by atoms with E-state index in [0.29, 0.717) is 35.2 Å². The largest absolute Gasteiger partial charge is 0.439 e. The van der Waals surface area contributed by atoms with E-state index in [1.165, 1.54) is 12.1 Å². The Morgan fingerprint density at radius 1 is 1.08 bits per heavy atom. The van der Waals surface area contributed by atoms with Crippen LogP contribution in [0.15, 0.2) is 78.6 Å². The first kappa shape index (κ1) is 26.2. The number of likely N-dealkylation sites (N-methyl/N-ethyl adjacent to an activating group) is 1. The lowest BCUT2D eigenvalue weighted by Crippen LogP contribution is -2.30. The second-order valence-corrected chi connectivity index (χ2v) is 8.15. The molecule has 0 aliphatic rings. The summed E-state index contributed by atoms with van der Waals surface area (Å²) in [6.45, 7) is 2.46. The maximum atomic E-state index is 12.6. The fraction of sp³-hybridized carbons (Fsp3) is 0.154. The van der Waals surface area contributed by atoms with Crippen molar-refractivity contribution in [1.82, 2.24) is 14.8 Å². The fourth-order valence-corrected chi connectivity index (χ4v) is 3.28. The minimum atomic E-state index is -0.646. The zero-order chi connectivity index (χ0) is 26.1. The normalized spacial score (nSPS) is 10.9. The van der Waals surface area contributed by atoms with Crippen LogP contribution in [0.1, 0.15) is 23.0 Å². The Bertz CT molecular complexity index is 1250. The molecule has 1 heterocycles. The number of carbonyl (C=O) groups excluding carboxylic acids is 3. The third-order valence-corrected chi connectivity index (χ3v) is 5.33. The second-order valence-electron chi connectivity index (χ2n) is 7.72. The molecular weight excluding hydrogens is 482 g/mol. The van der Waals surface area contributed by atoms with Crippen LogP contribution in [-0.2, 0) is 16.1 Å². The van der Waals surface area contributed by atoms with Crippen LogP contribution < -0.4 is 15.8 Å². The number of nitrogens with one attached hydrogen (secondary N) is 1. The molecule has 3 amide bonds. The summed E-state index contributed by atoms with van der Waals surface area (Å²) in [6, 6.07) is 19.1. The molecule has 3 rings (SSSR count). The van der Waals surface area contributed by atoms with Crippen LogP contribution in [0, 0.1) is 0 Å². The minimum absolute atomic E-state index is 0.102. The second kappa shape index (κ2) is 12.4. The number of benzene rings is 2. The highest BCUT2D eigenvalue weighted by atomic mass is 35.5. The molecule has 3 N–H and O–H groups in total. The number of amides is 3. The summed E-state index contributed by atoms with van der Waals surface area (Å²) in [6.07, 6.45) is 1.88. The van der Waals surface area contributed by atoms with Gasteiger partial charge >= 0.3 is 0 Å². The van der Waals surface area contributed by atoms with Gasteiger partial charge in [-0.25, -0.2) is 4.98 Å². The molecule has 0 radical (unpaired) electrons. The van der Waals surface area contributed by atoms with Gasteiger partial charge in [0.2, 0.25) is 12.3 Å². The Morgan fingerprint density at radius 3 is 2.39 bits per heavy atom. The van der Waals surface area contributed by atoms with Gasteiger partial charge in [0.05, 0.1) is 0 Å². The van der Waals surface area contributed by atoms with E-state index in [9.17, 15) is 14.4 Å². The van der Waals surface area contributed by atoms with E-state index in [1.807, 2.05) is 24.1 Å². The van der Waals surface area contributed by atoms with Gasteiger partial charge in [-0.1, -0.05) is 29.8 Å². The van der Waals surface area contributed by atoms with Gasteiger partial charge < -0.3 is 20.7 Å². The predicted octanol–water partition coefficient (Wildman–Crippen LogP) is 4.02. The summed E-state index contributed by atoms with van der Waals surface area (Å²) in [5.41, 5.74) is 7.03. The summed E-state index contributed by atoms with van der Waals surface area (Å²) in [5, 5.41) is 3.86. The molecule has 186 valence electrons. The van der Waals surface area contributed by atoms with Crippen LogP contribution in [0.5, 0.6) is 11.6 Å². The standard InChI is InChI=1S/C26H26ClN5O4/c1-3-32(17-33)25(34)15-23(31(2)16-18-7-9-19(27)10-8-18)29-20-11-13-21(14-12-20)36-24-6-4-5-22(30-24)26(28)35/h4-15,17,29H,3,16H2,1-2H3,(H2,28,35)/b23-15-. The van der Waals surface area contributed by atoms with Gasteiger partial charge in [-0.2, -0.15) is 0 Å². The number of imide groups is 1. The number of nitrogens with zero attached hydrogens (tertiary/aromatic N) is 3. The Kier molecular flexibility index (Phi) is 9.01. The minimum Gasteiger partial charge on any atom is -0.439 e. The first-order valence-corrected chi connectivity index (χ1v) is 11.4. The molecule has 0 unspecified atom stereocenters. The summed E-state index contributed by atoms with van der Waals surface area (Å²) in [5.74, 6) is 0.115. The maximum absolute atomic E-state index is 12.6. The molecule has 0 saturated carbocycles. The van der Waals surface area contributed by atoms with Crippen LogP contribution in [0.2, 0.25) is 5.02 Å². The average molecular weight is 508 g/mol. The molecule has 3 aromatic rings. The molecule has 9 nitrogen and oxygen atoms in total. The van der Waals surface area contributed by atoms with Crippen molar-refractivity contribution in [2.45, 2.75) is 13.5 Å². The summed E-state index contributed by atoms with van der Waals surface area (Å²) >= 11 is 5.98. The summed E-state index contributed by atoms with van der Waals surface area (Å²) < 4.78 is 5.71. The fourth-order valence-electron chi connectivity index (χ4n) is 3.16. The smallest absolute Gasteiger partial charge is 0.267 e. The van der Waals surface area contributed by atoms with E-state index in [-0.39, 0.29) is 18.1 Å². The number of rotatable bonds is 11. The molecule has 0 spiro atoms. The van der Waals surface area contributed by atoms with Crippen molar-refractivity contribution in [3.63, 3.8) is 0 Å². The van der Waals surface area contributed by atoms with Crippen molar-refractivity contribution in [2.75, 3.05) is 18.9 Å². The molecule has 0 saturated heterocycles. The number of carbonyl (C=O) groups is 3. The molecule has 0 fully saturated rings. The highest BCUT2D eigenvalue weighted by molar-refractivity contribution is 6.30. The molecule has 1 aromatic heterocycles. The molecule has 0 aliphatic heterocycles. The number of ether oxygens (including phenoxy) is 1. The molecule has 36 heavy (non-hydrogen) atoms. The Balaban J connectivity index is 1.79. The van der Waals surface area contributed by atoms with Crippen molar-refractivity contribution in [3.05, 3.63) is 94.9 Å². The maximum Gasteiger partial charge on any atom is 0.267 e. The van der Waals surface area contributed by atoms with E-state index in [2.05, 4.69) is 10.3 Å². The summed E-state index contributed by atoms with van der Waals surface area (Å²) in [7, 11) is 1.83. The van der Waals surface area contributed by atoms with Crippen molar-refractivity contribution in [2.24, 2.45) is 5.73 Å². The van der Waals surface area contributed by atoms with Gasteiger partial charge in [0.1, 0.15) is 17.3 Å². The van der Waals surface area contributed by atoms with Gasteiger partial charge in [0.25, 0.3) is 11.8 Å². The summed E-state index contributed by atoms with van der Waals surface area (Å²) in [4.78, 5) is 42.2. The van der Waals surface area contributed by atoms with Gasteiger partial charge in [0.15, 0.2) is 0 Å². The Hall–Kier alpha value is -4.37. The number of pyridine rings is 1. The molecule has 0 bridgehead atoms. The highest BCUT2D eigenvalue weighted by Crippen LogP contribution is 2.23. The molecule has 10 heteroatoms. The number of primary amides is 1. The van der Waals surface area contributed by atoms with E-state index >= 15 is 0 Å². The van der Waals surface area contributed by atoms with Crippen molar-refractivity contribution < 1.29 is 19.1 Å². The van der Waals surface area contributed by atoms with E-state index in [0.717, 1.165) is 10.5 Å². The third kappa shape index (κ3) is 7.31. The molecular formula is C26H26ClN5O4. The van der Waals surface area contributed by atoms with Gasteiger partial charge in [-0.3, -0.25) is 19.3 Å². The SMILES string of the molecule is CCN(C=O)C(=O)/C=C(/Nc1ccc(Oc2cccc(C(N)=O)n2)cc1)N(C)Cc1ccc(Cl)cc1. The van der Waals surface area contributed by atoms with Crippen LogP contribution in [0.3, 0.4) is 0 Å². The molecule has 0 atom stereocenters. The van der Waals surface area contributed by atoms with Gasteiger partial charge in [0, 0.05) is 43.0 Å². The third-order valence-electron chi connectivity index (χ3n) is 5.08. The average Bonchev–Trinajstić information content (AvgIpc) is 2.87. The predicted molar refractivity (Wildman–Crippen MR) is 137 cm³/mol. The zero-order valence-electron chi connectivity index (χ0n) is 19.8. The van der Waals surface area contributed by atoms with Crippen LogP contribution in [-0.4, -0.2) is 46.6 Å². The van der Waals surface area contributed by atoms with Crippen molar-refractivity contribution in [3.8, 4) is 11.6 Å². The van der Waals surface area contributed by atoms with E-state index in [4.69, 9.17) is 22.1 Å². The van der Waals surface area contributed by atoms with Crippen LogP contribution in [0.25, 0.3) is 0 Å². The molecule has 0 aliphatic carbocycles. The van der Waals surface area contributed by atoms with Crippen LogP contribution >= 0.6 is 11.6 Å². The number of hydrogen-bond acceptors (Lipinski definition) is 7. The number of anilines is 1. The lowest BCUT2D eigenvalue weighted by atomic mass is 10.2. The highest BCUT2D eigenvalue weighted by Gasteiger charge is 2.14. The van der Waals surface area contributed by atoms with Gasteiger partial charge in [-0.15, -0.1) is 0 Å². The number of aromatic nitrogens is 1. The monoisotopic (exact) mass is 507 g/mol. The Labute approximate surface area is 214 Å².